The molecule has 5 rings (SSSR count). The lowest BCUT2D eigenvalue weighted by molar-refractivity contribution is 1.07. The Balaban J connectivity index is 1.41. The predicted molar refractivity (Wildman–Crippen MR) is 129 cm³/mol. The van der Waals surface area contributed by atoms with E-state index in [0.717, 1.165) is 22.3 Å². The molecule has 4 nitrogen and oxygen atoms in total. The van der Waals surface area contributed by atoms with E-state index in [-0.39, 0.29) is 0 Å². The summed E-state index contributed by atoms with van der Waals surface area (Å²) in [6, 6.07) is 27.9. The Morgan fingerprint density at radius 2 is 1.06 bits per heavy atom. The van der Waals surface area contributed by atoms with Crippen LogP contribution in [0, 0.1) is 0 Å². The number of hydrogen-bond donors (Lipinski definition) is 0. The van der Waals surface area contributed by atoms with E-state index in [0.29, 0.717) is 27.4 Å². The molecule has 2 aromatic heterocycles. The second-order valence-electron chi connectivity index (χ2n) is 7.14. The Kier molecular flexibility index (Phi) is 5.63. The van der Waals surface area contributed by atoms with E-state index in [4.69, 9.17) is 23.2 Å². The minimum absolute atomic E-state index is 0.505. The van der Waals surface area contributed by atoms with Crippen LogP contribution >= 0.6 is 23.2 Å². The lowest BCUT2D eigenvalue weighted by Gasteiger charge is -2.07. The fraction of sp³-hybridized carbons (Fsp3) is 0. The first-order valence-corrected chi connectivity index (χ1v) is 10.7. The van der Waals surface area contributed by atoms with Gasteiger partial charge in [0.1, 0.15) is 6.33 Å². The highest BCUT2D eigenvalue weighted by atomic mass is 35.5. The van der Waals surface area contributed by atoms with Gasteiger partial charge < -0.3 is 0 Å². The number of aromatic nitrogens is 4. The van der Waals surface area contributed by atoms with Crippen LogP contribution in [0.5, 0.6) is 0 Å². The second-order valence-corrected chi connectivity index (χ2v) is 7.98. The Bertz CT molecular complexity index is 1370. The van der Waals surface area contributed by atoms with Gasteiger partial charge in [-0.3, -0.25) is 4.98 Å². The molecule has 5 aromatic rings. The standard InChI is InChI=1S/C26H16Cl2N4/c27-22-14-23(28)24(29-15-22)19-8-12-21(13-9-19)26-31-16-30-25(32-26)20-10-6-18(7-11-20)17-4-2-1-3-5-17/h1-16H. The quantitative estimate of drug-likeness (QED) is 0.287. The topological polar surface area (TPSA) is 51.6 Å². The lowest BCUT2D eigenvalue weighted by Crippen LogP contribution is -1.95. The first-order valence-electron chi connectivity index (χ1n) is 9.94. The number of rotatable bonds is 4. The van der Waals surface area contributed by atoms with Crippen molar-refractivity contribution in [2.24, 2.45) is 0 Å². The highest BCUT2D eigenvalue weighted by Crippen LogP contribution is 2.29. The molecule has 0 aliphatic rings. The first-order chi connectivity index (χ1) is 15.7. The van der Waals surface area contributed by atoms with Crippen LogP contribution in [0.1, 0.15) is 0 Å². The molecule has 0 fully saturated rings. The Labute approximate surface area is 195 Å². The summed E-state index contributed by atoms with van der Waals surface area (Å²) >= 11 is 12.2. The molecular formula is C26H16Cl2N4. The minimum Gasteiger partial charge on any atom is -0.253 e. The van der Waals surface area contributed by atoms with Crippen LogP contribution < -0.4 is 0 Å². The van der Waals surface area contributed by atoms with Gasteiger partial charge in [-0.1, -0.05) is 102 Å². The summed E-state index contributed by atoms with van der Waals surface area (Å²) in [6.07, 6.45) is 3.12. The van der Waals surface area contributed by atoms with Crippen LogP contribution in [-0.4, -0.2) is 19.9 Å². The molecule has 6 heteroatoms. The Morgan fingerprint density at radius 1 is 0.531 bits per heavy atom. The van der Waals surface area contributed by atoms with Crippen LogP contribution in [0.3, 0.4) is 0 Å². The molecule has 0 N–H and O–H groups in total. The second kappa shape index (κ2) is 8.87. The van der Waals surface area contributed by atoms with Crippen molar-refractivity contribution in [3.05, 3.63) is 107 Å². The number of nitrogens with zero attached hydrogens (tertiary/aromatic N) is 4. The summed E-state index contributed by atoms with van der Waals surface area (Å²) in [5.74, 6) is 1.23. The summed E-state index contributed by atoms with van der Waals surface area (Å²) in [6.45, 7) is 0. The third-order valence-corrected chi connectivity index (χ3v) is 5.54. The zero-order valence-electron chi connectivity index (χ0n) is 16.8. The molecule has 0 radical (unpaired) electrons. The van der Waals surface area contributed by atoms with E-state index in [9.17, 15) is 0 Å². The smallest absolute Gasteiger partial charge is 0.163 e. The number of halogens is 2. The molecule has 0 spiro atoms. The molecule has 0 bridgehead atoms. The fourth-order valence-electron chi connectivity index (χ4n) is 3.42. The maximum absolute atomic E-state index is 6.28. The third kappa shape index (κ3) is 4.24. The summed E-state index contributed by atoms with van der Waals surface area (Å²) in [5, 5.41) is 1.01. The molecule has 0 aliphatic carbocycles. The van der Waals surface area contributed by atoms with E-state index in [1.807, 2.05) is 54.6 Å². The molecular weight excluding hydrogens is 439 g/mol. The van der Waals surface area contributed by atoms with Gasteiger partial charge in [-0.2, -0.15) is 0 Å². The average molecular weight is 455 g/mol. The van der Waals surface area contributed by atoms with Crippen molar-refractivity contribution in [2.75, 3.05) is 0 Å². The third-order valence-electron chi connectivity index (χ3n) is 5.05. The van der Waals surface area contributed by atoms with Gasteiger partial charge in [-0.15, -0.1) is 0 Å². The van der Waals surface area contributed by atoms with Gasteiger partial charge >= 0.3 is 0 Å². The lowest BCUT2D eigenvalue weighted by atomic mass is 10.0. The number of hydrogen-bond acceptors (Lipinski definition) is 4. The van der Waals surface area contributed by atoms with Gasteiger partial charge in [0.25, 0.3) is 0 Å². The molecule has 0 aliphatic heterocycles. The number of pyridine rings is 1. The summed E-state index contributed by atoms with van der Waals surface area (Å²) in [4.78, 5) is 17.7. The highest BCUT2D eigenvalue weighted by molar-refractivity contribution is 6.36. The van der Waals surface area contributed by atoms with E-state index < -0.39 is 0 Å². The molecule has 3 aromatic carbocycles. The number of benzene rings is 3. The van der Waals surface area contributed by atoms with Crippen LogP contribution in [-0.2, 0) is 0 Å². The molecule has 2 heterocycles. The van der Waals surface area contributed by atoms with Crippen molar-refractivity contribution < 1.29 is 0 Å². The zero-order valence-corrected chi connectivity index (χ0v) is 18.3. The predicted octanol–water partition coefficient (Wildman–Crippen LogP) is 7.24. The van der Waals surface area contributed by atoms with Crippen molar-refractivity contribution in [1.29, 1.82) is 0 Å². The maximum Gasteiger partial charge on any atom is 0.163 e. The van der Waals surface area contributed by atoms with Gasteiger partial charge in [0.05, 0.1) is 15.7 Å². The minimum atomic E-state index is 0.505. The summed E-state index contributed by atoms with van der Waals surface area (Å²) < 4.78 is 0. The molecule has 32 heavy (non-hydrogen) atoms. The van der Waals surface area contributed by atoms with E-state index in [1.165, 1.54) is 11.9 Å². The molecule has 0 unspecified atom stereocenters. The van der Waals surface area contributed by atoms with Crippen molar-refractivity contribution in [1.82, 2.24) is 19.9 Å². The van der Waals surface area contributed by atoms with Gasteiger partial charge in [0, 0.05) is 22.9 Å². The van der Waals surface area contributed by atoms with Crippen LogP contribution in [0.15, 0.2) is 97.5 Å². The van der Waals surface area contributed by atoms with Crippen LogP contribution in [0.25, 0.3) is 45.2 Å². The monoisotopic (exact) mass is 454 g/mol. The van der Waals surface area contributed by atoms with Gasteiger partial charge in [-0.25, -0.2) is 15.0 Å². The van der Waals surface area contributed by atoms with Crippen molar-refractivity contribution in [2.45, 2.75) is 0 Å². The highest BCUT2D eigenvalue weighted by Gasteiger charge is 2.09. The van der Waals surface area contributed by atoms with E-state index in [1.54, 1.807) is 12.3 Å². The van der Waals surface area contributed by atoms with Gasteiger partial charge in [0.2, 0.25) is 0 Å². The Hall–Kier alpha value is -3.60. The normalized spacial score (nSPS) is 10.8. The molecule has 0 amide bonds. The van der Waals surface area contributed by atoms with Crippen molar-refractivity contribution >= 4 is 23.2 Å². The van der Waals surface area contributed by atoms with E-state index in [2.05, 4.69) is 44.2 Å². The molecule has 154 valence electrons. The fourth-order valence-corrected chi connectivity index (χ4v) is 3.91. The van der Waals surface area contributed by atoms with Crippen LogP contribution in [0.2, 0.25) is 10.0 Å². The van der Waals surface area contributed by atoms with Crippen LogP contribution in [0.4, 0.5) is 0 Å². The van der Waals surface area contributed by atoms with E-state index >= 15 is 0 Å². The SMILES string of the molecule is Clc1cnc(-c2ccc(-c3ncnc(-c4ccc(-c5ccccc5)cc4)n3)cc2)c(Cl)c1. The maximum atomic E-state index is 6.28. The van der Waals surface area contributed by atoms with Gasteiger partial charge in [0.15, 0.2) is 11.6 Å². The average Bonchev–Trinajstić information content (AvgIpc) is 2.85. The van der Waals surface area contributed by atoms with Gasteiger partial charge in [-0.05, 0) is 17.2 Å². The molecule has 0 saturated heterocycles. The Morgan fingerprint density at radius 3 is 1.66 bits per heavy atom. The molecule has 0 saturated carbocycles. The zero-order chi connectivity index (χ0) is 21.9. The largest absolute Gasteiger partial charge is 0.253 e. The summed E-state index contributed by atoms with van der Waals surface area (Å²) in [5.41, 5.74) is 5.70. The van der Waals surface area contributed by atoms with Crippen molar-refractivity contribution in [3.63, 3.8) is 0 Å². The first kappa shape index (κ1) is 20.3. The molecule has 0 atom stereocenters. The van der Waals surface area contributed by atoms with Crippen molar-refractivity contribution in [3.8, 4) is 45.2 Å². The summed E-state index contributed by atoms with van der Waals surface area (Å²) in [7, 11) is 0.